The van der Waals surface area contributed by atoms with E-state index in [0.29, 0.717) is 5.69 Å². The Labute approximate surface area is 84.4 Å². The number of halogens is 1. The zero-order valence-electron chi connectivity index (χ0n) is 7.07. The zero-order chi connectivity index (χ0) is 10.1. The van der Waals surface area contributed by atoms with E-state index in [4.69, 9.17) is 11.6 Å². The van der Waals surface area contributed by atoms with E-state index in [1.54, 1.807) is 24.3 Å². The van der Waals surface area contributed by atoms with E-state index in [0.717, 1.165) is 4.57 Å². The van der Waals surface area contributed by atoms with Crippen molar-refractivity contribution in [1.29, 1.82) is 0 Å². The molecule has 72 valence electrons. The minimum absolute atomic E-state index is 0.0566. The summed E-state index contributed by atoms with van der Waals surface area (Å²) in [5.74, 6) is -0.275. The normalized spacial score (nSPS) is 10.4. The van der Waals surface area contributed by atoms with Crippen LogP contribution in [0.3, 0.4) is 0 Å². The lowest BCUT2D eigenvalue weighted by Crippen LogP contribution is -2.14. The molecule has 0 spiro atoms. The highest BCUT2D eigenvalue weighted by molar-refractivity contribution is 6.30. The summed E-state index contributed by atoms with van der Waals surface area (Å²) in [6, 6.07) is 8.75. The number of imidazole rings is 1. The molecule has 0 atom stereocenters. The first-order valence-electron chi connectivity index (χ1n) is 3.95. The fraction of sp³-hybridized carbons (Fsp3) is 0. The molecule has 4 nitrogen and oxygen atoms in total. The molecule has 0 fully saturated rings. The Balaban J connectivity index is 2.69. The maximum absolute atomic E-state index is 11.3. The third-order valence-corrected chi connectivity index (χ3v) is 2.11. The van der Waals surface area contributed by atoms with Crippen molar-refractivity contribution in [2.45, 2.75) is 0 Å². The van der Waals surface area contributed by atoms with Gasteiger partial charge in [-0.2, -0.15) is 0 Å². The molecule has 0 aliphatic carbocycles. The van der Waals surface area contributed by atoms with E-state index >= 15 is 0 Å². The van der Waals surface area contributed by atoms with Crippen LogP contribution in [0.5, 0.6) is 5.88 Å². The van der Waals surface area contributed by atoms with Crippen molar-refractivity contribution in [3.8, 4) is 11.6 Å². The molecule has 2 rings (SSSR count). The van der Waals surface area contributed by atoms with E-state index in [1.807, 2.05) is 6.07 Å². The van der Waals surface area contributed by atoms with Crippen LogP contribution in [0.15, 0.2) is 35.1 Å². The van der Waals surface area contributed by atoms with Crippen LogP contribution in [-0.2, 0) is 0 Å². The van der Waals surface area contributed by atoms with E-state index in [1.165, 1.54) is 0 Å². The molecular weight excluding hydrogens is 204 g/mol. The fourth-order valence-corrected chi connectivity index (χ4v) is 1.38. The average molecular weight is 211 g/mol. The van der Waals surface area contributed by atoms with E-state index in [-0.39, 0.29) is 11.0 Å². The summed E-state index contributed by atoms with van der Waals surface area (Å²) in [6.07, 6.45) is 0. The molecule has 0 bridgehead atoms. The number of benzene rings is 1. The number of aromatic nitrogens is 2. The lowest BCUT2D eigenvalue weighted by Gasteiger charge is -2.00. The first kappa shape index (κ1) is 8.90. The smallest absolute Gasteiger partial charge is 0.334 e. The molecule has 1 aromatic heterocycles. The van der Waals surface area contributed by atoms with Gasteiger partial charge in [0.2, 0.25) is 5.88 Å². The molecule has 2 aromatic rings. The van der Waals surface area contributed by atoms with Gasteiger partial charge in [0.05, 0.1) is 5.69 Å². The van der Waals surface area contributed by atoms with Gasteiger partial charge in [0.25, 0.3) is 0 Å². The Morgan fingerprint density at radius 3 is 2.43 bits per heavy atom. The Morgan fingerprint density at radius 2 is 1.93 bits per heavy atom. The summed E-state index contributed by atoms with van der Waals surface area (Å²) in [6.45, 7) is 0. The average Bonchev–Trinajstić information content (AvgIpc) is 2.43. The number of nitrogens with one attached hydrogen (secondary N) is 1. The van der Waals surface area contributed by atoms with Crippen LogP contribution in [0.25, 0.3) is 5.69 Å². The van der Waals surface area contributed by atoms with E-state index < -0.39 is 5.69 Å². The molecule has 0 saturated heterocycles. The first-order valence-corrected chi connectivity index (χ1v) is 4.33. The highest BCUT2D eigenvalue weighted by atomic mass is 35.5. The van der Waals surface area contributed by atoms with Crippen molar-refractivity contribution in [3.63, 3.8) is 0 Å². The molecule has 1 aromatic carbocycles. The third-order valence-electron chi connectivity index (χ3n) is 1.84. The van der Waals surface area contributed by atoms with E-state index in [2.05, 4.69) is 4.98 Å². The molecular formula is C9H7ClN2O2. The number of nitrogens with zero attached hydrogens (tertiary/aromatic N) is 1. The second kappa shape index (κ2) is 3.23. The molecule has 0 aliphatic heterocycles. The van der Waals surface area contributed by atoms with Gasteiger partial charge in [-0.05, 0) is 12.1 Å². The van der Waals surface area contributed by atoms with Crippen molar-refractivity contribution >= 4 is 11.6 Å². The second-order valence-electron chi connectivity index (χ2n) is 2.74. The van der Waals surface area contributed by atoms with Crippen LogP contribution in [0.1, 0.15) is 0 Å². The van der Waals surface area contributed by atoms with Crippen molar-refractivity contribution < 1.29 is 5.11 Å². The molecule has 0 radical (unpaired) electrons. The number of aromatic hydroxyl groups is 1. The predicted octanol–water partition coefficient (Wildman–Crippen LogP) is 1.52. The SMILES string of the molecule is O=c1[nH]c(Cl)c(O)n1-c1ccccc1. The number of H-pyrrole nitrogens is 1. The van der Waals surface area contributed by atoms with Crippen LogP contribution in [0.4, 0.5) is 0 Å². The number of para-hydroxylation sites is 1. The molecule has 1 heterocycles. The maximum atomic E-state index is 11.3. The van der Waals surface area contributed by atoms with Gasteiger partial charge in [-0.1, -0.05) is 29.8 Å². The van der Waals surface area contributed by atoms with Gasteiger partial charge < -0.3 is 5.11 Å². The summed E-state index contributed by atoms with van der Waals surface area (Å²) < 4.78 is 1.10. The van der Waals surface area contributed by atoms with Crippen LogP contribution in [0, 0.1) is 0 Å². The van der Waals surface area contributed by atoms with Crippen LogP contribution in [-0.4, -0.2) is 14.7 Å². The minimum Gasteiger partial charge on any atom is -0.492 e. The topological polar surface area (TPSA) is 58.0 Å². The van der Waals surface area contributed by atoms with Crippen LogP contribution < -0.4 is 5.69 Å². The minimum atomic E-state index is -0.460. The van der Waals surface area contributed by atoms with Gasteiger partial charge in [0.1, 0.15) is 0 Å². The summed E-state index contributed by atoms with van der Waals surface area (Å²) in [5.41, 5.74) is 0.108. The molecule has 14 heavy (non-hydrogen) atoms. The largest absolute Gasteiger partial charge is 0.492 e. The number of rotatable bonds is 1. The lowest BCUT2D eigenvalue weighted by atomic mass is 10.3. The quantitative estimate of drug-likeness (QED) is 0.750. The van der Waals surface area contributed by atoms with Crippen molar-refractivity contribution in [1.82, 2.24) is 9.55 Å². The predicted molar refractivity (Wildman–Crippen MR) is 53.1 cm³/mol. The maximum Gasteiger partial charge on any atom is 0.334 e. The summed E-state index contributed by atoms with van der Waals surface area (Å²) >= 11 is 5.56. The standard InChI is InChI=1S/C9H7ClN2O2/c10-7-8(13)12(9(14)11-7)6-4-2-1-3-5-6/h1-5,13H,(H,11,14). The molecule has 5 heteroatoms. The van der Waals surface area contributed by atoms with Gasteiger partial charge in [-0.15, -0.1) is 0 Å². The molecule has 0 aliphatic rings. The molecule has 0 saturated carbocycles. The highest BCUT2D eigenvalue weighted by Gasteiger charge is 2.11. The Hall–Kier alpha value is -1.68. The Kier molecular flexibility index (Phi) is 2.05. The summed E-state index contributed by atoms with van der Waals surface area (Å²) in [7, 11) is 0. The van der Waals surface area contributed by atoms with Gasteiger partial charge >= 0.3 is 5.69 Å². The van der Waals surface area contributed by atoms with Gasteiger partial charge in [0.15, 0.2) is 5.15 Å². The van der Waals surface area contributed by atoms with Gasteiger partial charge in [-0.25, -0.2) is 9.36 Å². The number of hydrogen-bond donors (Lipinski definition) is 2. The van der Waals surface area contributed by atoms with E-state index in [9.17, 15) is 9.90 Å². The zero-order valence-corrected chi connectivity index (χ0v) is 7.82. The van der Waals surface area contributed by atoms with Gasteiger partial charge in [-0.3, -0.25) is 4.98 Å². The first-order chi connectivity index (χ1) is 6.70. The van der Waals surface area contributed by atoms with Crippen molar-refractivity contribution in [3.05, 3.63) is 46.0 Å². The van der Waals surface area contributed by atoms with Crippen molar-refractivity contribution in [2.75, 3.05) is 0 Å². The number of aromatic amines is 1. The monoisotopic (exact) mass is 210 g/mol. The highest BCUT2D eigenvalue weighted by Crippen LogP contribution is 2.21. The summed E-state index contributed by atoms with van der Waals surface area (Å²) in [4.78, 5) is 13.6. The molecule has 0 amide bonds. The fourth-order valence-electron chi connectivity index (χ4n) is 1.22. The Bertz CT molecular complexity index is 501. The molecule has 2 N–H and O–H groups in total. The molecule has 0 unspecified atom stereocenters. The van der Waals surface area contributed by atoms with Crippen LogP contribution in [0.2, 0.25) is 5.15 Å². The van der Waals surface area contributed by atoms with Gasteiger partial charge in [0, 0.05) is 0 Å². The second-order valence-corrected chi connectivity index (χ2v) is 3.12. The third kappa shape index (κ3) is 1.29. The lowest BCUT2D eigenvalue weighted by molar-refractivity contribution is 0.441. The Morgan fingerprint density at radius 1 is 1.29 bits per heavy atom. The van der Waals surface area contributed by atoms with Crippen molar-refractivity contribution in [2.24, 2.45) is 0 Å². The van der Waals surface area contributed by atoms with Crippen LogP contribution >= 0.6 is 11.6 Å². The summed E-state index contributed by atoms with van der Waals surface area (Å²) in [5, 5.41) is 9.41. The number of hydrogen-bond acceptors (Lipinski definition) is 2.